The molecule has 1 atom stereocenters. The molecule has 5 heteroatoms. The van der Waals surface area contributed by atoms with Crippen LogP contribution in [0.2, 0.25) is 0 Å². The Morgan fingerprint density at radius 1 is 1.04 bits per heavy atom. The number of hydrogen-bond acceptors (Lipinski definition) is 2. The standard InChI is InChI=1S/C18H18NOS.ClH.Zn/c1-19-12-11-17(18-10-5-13-21-18)20-16-9-4-7-14-6-2-3-8-15(14)16;;/h2-10,13,17H,11-12H2,1H3;1H;/q-1;;+2/p-1/t17-;;/m0../s1. The molecule has 2 nitrogen and oxygen atoms in total. The molecule has 0 radical (unpaired) electrons. The molecule has 2 aromatic carbocycles. The van der Waals surface area contributed by atoms with Crippen molar-refractivity contribution in [1.29, 1.82) is 0 Å². The number of hydrogen-bond donors (Lipinski definition) is 0. The number of halogens is 1. The third-order valence-corrected chi connectivity index (χ3v) is 4.46. The maximum Gasteiger partial charge on any atom is 2.00 e. The van der Waals surface area contributed by atoms with Gasteiger partial charge >= 0.3 is 19.5 Å². The molecule has 0 unspecified atom stereocenters. The van der Waals surface area contributed by atoms with E-state index >= 15 is 0 Å². The largest absolute Gasteiger partial charge is 2.00 e. The molecule has 3 aromatic rings. The quantitative estimate of drug-likeness (QED) is 0.586. The van der Waals surface area contributed by atoms with Crippen LogP contribution in [-0.4, -0.2) is 13.6 Å². The summed E-state index contributed by atoms with van der Waals surface area (Å²) in [5, 5.41) is 8.68. The minimum Gasteiger partial charge on any atom is -1.00 e. The molecule has 1 heterocycles. The number of fused-ring (bicyclic) bond motifs is 1. The summed E-state index contributed by atoms with van der Waals surface area (Å²) in [6, 6.07) is 18.8. The average molecular weight is 397 g/mol. The second kappa shape index (κ2) is 10.0. The predicted octanol–water partition coefficient (Wildman–Crippen LogP) is 2.42. The third kappa shape index (κ3) is 5.02. The van der Waals surface area contributed by atoms with Crippen molar-refractivity contribution < 1.29 is 36.6 Å². The van der Waals surface area contributed by atoms with E-state index in [-0.39, 0.29) is 38.0 Å². The molecule has 1 aromatic heterocycles. The first-order valence-corrected chi connectivity index (χ1v) is 8.00. The number of thiophene rings is 1. The van der Waals surface area contributed by atoms with Gasteiger partial charge in [-0.25, -0.2) is 0 Å². The summed E-state index contributed by atoms with van der Waals surface area (Å²) in [5.74, 6) is 0.947. The van der Waals surface area contributed by atoms with E-state index in [1.807, 2.05) is 19.2 Å². The second-order valence-electron chi connectivity index (χ2n) is 4.93. The van der Waals surface area contributed by atoms with Gasteiger partial charge in [-0.05, 0) is 29.3 Å². The van der Waals surface area contributed by atoms with E-state index in [4.69, 9.17) is 4.74 Å². The Morgan fingerprint density at radius 2 is 1.83 bits per heavy atom. The van der Waals surface area contributed by atoms with Crippen molar-refractivity contribution >= 4 is 22.1 Å². The molecule has 0 bridgehead atoms. The summed E-state index contributed by atoms with van der Waals surface area (Å²) < 4.78 is 6.32. The summed E-state index contributed by atoms with van der Waals surface area (Å²) >= 11 is 1.74. The van der Waals surface area contributed by atoms with E-state index in [2.05, 4.69) is 53.2 Å². The van der Waals surface area contributed by atoms with Crippen molar-refractivity contribution in [3.63, 3.8) is 0 Å². The van der Waals surface area contributed by atoms with Crippen molar-refractivity contribution in [1.82, 2.24) is 0 Å². The molecule has 116 valence electrons. The van der Waals surface area contributed by atoms with Crippen molar-refractivity contribution in [2.45, 2.75) is 12.5 Å². The maximum absolute atomic E-state index is 6.32. The van der Waals surface area contributed by atoms with E-state index in [0.717, 1.165) is 24.1 Å². The van der Waals surface area contributed by atoms with Gasteiger partial charge in [0.25, 0.3) is 0 Å². The van der Waals surface area contributed by atoms with Crippen molar-refractivity contribution in [2.75, 3.05) is 13.6 Å². The summed E-state index contributed by atoms with van der Waals surface area (Å²) in [5.41, 5.74) is 0. The molecular weight excluding hydrogens is 379 g/mol. The predicted molar refractivity (Wildman–Crippen MR) is 90.4 cm³/mol. The molecule has 0 aliphatic rings. The summed E-state index contributed by atoms with van der Waals surface area (Å²) in [6.07, 6.45) is 0.972. The van der Waals surface area contributed by atoms with Gasteiger partial charge in [-0.15, -0.1) is 17.9 Å². The summed E-state index contributed by atoms with van der Waals surface area (Å²) in [6.45, 7) is 0.813. The Hall–Kier alpha value is -0.927. The van der Waals surface area contributed by atoms with Crippen LogP contribution in [0.25, 0.3) is 16.1 Å². The second-order valence-corrected chi connectivity index (χ2v) is 5.91. The molecular formula is C18H18ClNOSZn. The van der Waals surface area contributed by atoms with Gasteiger partial charge < -0.3 is 22.5 Å². The van der Waals surface area contributed by atoms with Crippen molar-refractivity contribution in [2.24, 2.45) is 0 Å². The van der Waals surface area contributed by atoms with Crippen LogP contribution in [0.5, 0.6) is 5.75 Å². The molecule has 0 aliphatic carbocycles. The molecule has 0 aliphatic heterocycles. The Kier molecular flexibility index (Phi) is 8.79. The summed E-state index contributed by atoms with van der Waals surface area (Å²) in [7, 11) is 1.85. The Bertz CT molecular complexity index is 700. The first kappa shape index (κ1) is 20.1. The van der Waals surface area contributed by atoms with E-state index in [0.29, 0.717) is 0 Å². The maximum atomic E-state index is 6.32. The molecule has 0 spiro atoms. The van der Waals surface area contributed by atoms with Crippen molar-refractivity contribution in [3.8, 4) is 5.75 Å². The molecule has 0 N–H and O–H groups in total. The van der Waals surface area contributed by atoms with Crippen LogP contribution in [0.3, 0.4) is 0 Å². The van der Waals surface area contributed by atoms with E-state index in [9.17, 15) is 0 Å². The molecule has 0 saturated carbocycles. The Morgan fingerprint density at radius 3 is 2.57 bits per heavy atom. The number of benzene rings is 2. The van der Waals surface area contributed by atoms with E-state index < -0.39 is 0 Å². The van der Waals surface area contributed by atoms with Gasteiger partial charge in [0.1, 0.15) is 11.9 Å². The normalized spacial score (nSPS) is 11.3. The fraction of sp³-hybridized carbons (Fsp3) is 0.222. The fourth-order valence-electron chi connectivity index (χ4n) is 2.43. The van der Waals surface area contributed by atoms with Crippen LogP contribution in [0.1, 0.15) is 17.4 Å². The van der Waals surface area contributed by atoms with Gasteiger partial charge in [0, 0.05) is 10.3 Å². The molecule has 0 amide bonds. The van der Waals surface area contributed by atoms with Gasteiger partial charge in [0.15, 0.2) is 0 Å². The summed E-state index contributed by atoms with van der Waals surface area (Å²) in [4.78, 5) is 1.26. The number of ether oxygens (including phenoxy) is 1. The molecule has 0 saturated heterocycles. The zero-order chi connectivity index (χ0) is 14.5. The van der Waals surface area contributed by atoms with Gasteiger partial charge in [-0.2, -0.15) is 7.05 Å². The monoisotopic (exact) mass is 395 g/mol. The number of nitrogens with zero attached hydrogens (tertiary/aromatic N) is 1. The van der Waals surface area contributed by atoms with Crippen LogP contribution in [0.15, 0.2) is 60.0 Å². The van der Waals surface area contributed by atoms with E-state index in [1.165, 1.54) is 10.3 Å². The van der Waals surface area contributed by atoms with Gasteiger partial charge in [0.05, 0.1) is 0 Å². The van der Waals surface area contributed by atoms with Crippen LogP contribution in [-0.2, 0) is 19.5 Å². The minimum atomic E-state index is 0. The van der Waals surface area contributed by atoms with Crippen molar-refractivity contribution in [3.05, 3.63) is 70.2 Å². The first-order valence-electron chi connectivity index (χ1n) is 7.12. The van der Waals surface area contributed by atoms with Crippen LogP contribution in [0.4, 0.5) is 0 Å². The number of rotatable bonds is 6. The molecule has 3 rings (SSSR count). The molecule has 0 fully saturated rings. The zero-order valence-corrected chi connectivity index (χ0v) is 17.7. The van der Waals surface area contributed by atoms with Gasteiger partial charge in [-0.1, -0.05) is 42.5 Å². The SMILES string of the molecule is C[N-]CC[C@H](Oc1cccc2ccccc12)c1cccs1.[Cl-].[Zn+2]. The minimum absolute atomic E-state index is 0. The van der Waals surface area contributed by atoms with Crippen LogP contribution < -0.4 is 17.1 Å². The first-order chi connectivity index (χ1) is 10.4. The fourth-order valence-corrected chi connectivity index (χ4v) is 3.22. The Balaban J connectivity index is 0.00000132. The molecule has 23 heavy (non-hydrogen) atoms. The zero-order valence-electron chi connectivity index (χ0n) is 13.1. The third-order valence-electron chi connectivity index (χ3n) is 3.49. The average Bonchev–Trinajstić information content (AvgIpc) is 3.06. The topological polar surface area (TPSA) is 23.3 Å². The van der Waals surface area contributed by atoms with Gasteiger partial charge in [-0.3, -0.25) is 0 Å². The Labute approximate surface area is 160 Å². The smallest absolute Gasteiger partial charge is 1.00 e. The van der Waals surface area contributed by atoms with E-state index in [1.54, 1.807) is 11.3 Å². The van der Waals surface area contributed by atoms with Gasteiger partial charge in [0.2, 0.25) is 0 Å². The van der Waals surface area contributed by atoms with Crippen LogP contribution in [0, 0.1) is 0 Å². The van der Waals surface area contributed by atoms with Crippen LogP contribution >= 0.6 is 11.3 Å².